The molecule has 0 atom stereocenters. The molecular formula is C14H19BrN2O5. The quantitative estimate of drug-likeness (QED) is 0.243. The molecule has 0 N–H and O–H groups in total. The molecule has 0 fully saturated rings. The molecular weight excluding hydrogens is 356 g/mol. The number of hydrogen-bond acceptors (Lipinski definition) is 5. The molecule has 1 aromatic carbocycles. The Balaban J connectivity index is 2.42. The van der Waals surface area contributed by atoms with Gasteiger partial charge in [0.1, 0.15) is 0 Å². The van der Waals surface area contributed by atoms with Crippen molar-refractivity contribution in [1.29, 1.82) is 0 Å². The topological polar surface area (TPSA) is 95.5 Å². The first-order chi connectivity index (χ1) is 10.6. The third-order valence-corrected chi connectivity index (χ3v) is 3.70. The lowest BCUT2D eigenvalue weighted by molar-refractivity contribution is -0.394. The Hall–Kier alpha value is -1.70. The van der Waals surface area contributed by atoms with Crippen molar-refractivity contribution in [2.75, 3.05) is 11.9 Å². The molecule has 0 heterocycles. The summed E-state index contributed by atoms with van der Waals surface area (Å²) in [7, 11) is 0. The van der Waals surface area contributed by atoms with Crippen LogP contribution in [0, 0.1) is 20.2 Å². The van der Waals surface area contributed by atoms with Crippen LogP contribution in [0.15, 0.2) is 18.2 Å². The van der Waals surface area contributed by atoms with Gasteiger partial charge in [-0.05, 0) is 18.9 Å². The molecule has 0 aromatic heterocycles. The zero-order valence-corrected chi connectivity index (χ0v) is 13.8. The van der Waals surface area contributed by atoms with Gasteiger partial charge in [-0.3, -0.25) is 20.2 Å². The van der Waals surface area contributed by atoms with Crippen molar-refractivity contribution < 1.29 is 14.6 Å². The first-order valence-corrected chi connectivity index (χ1v) is 8.30. The third-order valence-electron chi connectivity index (χ3n) is 3.14. The summed E-state index contributed by atoms with van der Waals surface area (Å²) >= 11 is 3.38. The molecule has 0 saturated heterocycles. The van der Waals surface area contributed by atoms with E-state index in [1.807, 2.05) is 0 Å². The molecule has 0 spiro atoms. The van der Waals surface area contributed by atoms with Crippen LogP contribution in [0.3, 0.4) is 0 Å². The predicted octanol–water partition coefficient (Wildman–Crippen LogP) is 4.62. The van der Waals surface area contributed by atoms with E-state index in [1.54, 1.807) is 0 Å². The number of alkyl halides is 1. The van der Waals surface area contributed by atoms with Gasteiger partial charge in [0.15, 0.2) is 5.75 Å². The second-order valence-electron chi connectivity index (χ2n) is 4.83. The number of unbranched alkanes of at least 4 members (excludes halogenated alkanes) is 5. The van der Waals surface area contributed by atoms with Gasteiger partial charge in [0.2, 0.25) is 0 Å². The van der Waals surface area contributed by atoms with E-state index in [0.29, 0.717) is 6.61 Å². The van der Waals surface area contributed by atoms with E-state index in [9.17, 15) is 20.2 Å². The lowest BCUT2D eigenvalue weighted by Gasteiger charge is -2.06. The normalized spacial score (nSPS) is 10.4. The minimum Gasteiger partial charge on any atom is -0.487 e. The van der Waals surface area contributed by atoms with Gasteiger partial charge >= 0.3 is 5.69 Å². The monoisotopic (exact) mass is 374 g/mol. The van der Waals surface area contributed by atoms with E-state index >= 15 is 0 Å². The van der Waals surface area contributed by atoms with E-state index < -0.39 is 9.85 Å². The number of nitro groups is 2. The summed E-state index contributed by atoms with van der Waals surface area (Å²) in [5.74, 6) is 0.0786. The molecule has 0 aliphatic carbocycles. The number of non-ortho nitro benzene ring substituents is 1. The van der Waals surface area contributed by atoms with Crippen LogP contribution in [0.2, 0.25) is 0 Å². The highest BCUT2D eigenvalue weighted by Crippen LogP contribution is 2.31. The molecule has 22 heavy (non-hydrogen) atoms. The highest BCUT2D eigenvalue weighted by molar-refractivity contribution is 9.09. The number of rotatable bonds is 11. The lowest BCUT2D eigenvalue weighted by Crippen LogP contribution is -2.01. The van der Waals surface area contributed by atoms with Crippen molar-refractivity contribution in [3.05, 3.63) is 38.4 Å². The average molecular weight is 375 g/mol. The minimum atomic E-state index is -0.664. The second kappa shape index (κ2) is 10.1. The summed E-state index contributed by atoms with van der Waals surface area (Å²) in [6, 6.07) is 3.42. The highest BCUT2D eigenvalue weighted by Gasteiger charge is 2.20. The predicted molar refractivity (Wildman–Crippen MR) is 86.7 cm³/mol. The molecule has 1 aromatic rings. The van der Waals surface area contributed by atoms with Crippen LogP contribution in [0.4, 0.5) is 11.4 Å². The molecule has 0 saturated carbocycles. The van der Waals surface area contributed by atoms with Gasteiger partial charge in [0, 0.05) is 11.4 Å². The van der Waals surface area contributed by atoms with E-state index in [0.717, 1.165) is 30.7 Å². The first kappa shape index (κ1) is 18.3. The fourth-order valence-electron chi connectivity index (χ4n) is 1.97. The smallest absolute Gasteiger partial charge is 0.317 e. The number of ether oxygens (including phenoxy) is 1. The SMILES string of the molecule is O=[N+]([O-])c1ccc(OCCCCCCCCBr)c([N+](=O)[O-])c1. The highest BCUT2D eigenvalue weighted by atomic mass is 79.9. The fourth-order valence-corrected chi connectivity index (χ4v) is 2.37. The maximum Gasteiger partial charge on any atom is 0.317 e. The molecule has 8 heteroatoms. The van der Waals surface area contributed by atoms with Crippen LogP contribution in [0.1, 0.15) is 38.5 Å². The van der Waals surface area contributed by atoms with Crippen molar-refractivity contribution in [3.63, 3.8) is 0 Å². The molecule has 0 unspecified atom stereocenters. The third kappa shape index (κ3) is 6.38. The number of hydrogen-bond donors (Lipinski definition) is 0. The summed E-state index contributed by atoms with van der Waals surface area (Å²) in [5, 5.41) is 22.6. The maximum atomic E-state index is 10.9. The minimum absolute atomic E-state index is 0.0786. The van der Waals surface area contributed by atoms with Gasteiger partial charge in [-0.15, -0.1) is 0 Å². The molecule has 0 radical (unpaired) electrons. The molecule has 0 amide bonds. The zero-order chi connectivity index (χ0) is 16.4. The van der Waals surface area contributed by atoms with Crippen molar-refractivity contribution >= 4 is 27.3 Å². The molecule has 0 bridgehead atoms. The molecule has 1 rings (SSSR count). The van der Waals surface area contributed by atoms with E-state index in [4.69, 9.17) is 4.74 Å². The molecule has 0 aliphatic heterocycles. The van der Waals surface area contributed by atoms with Crippen LogP contribution in [0.25, 0.3) is 0 Å². The number of halogens is 1. The van der Waals surface area contributed by atoms with E-state index in [1.165, 1.54) is 31.4 Å². The summed E-state index contributed by atoms with van der Waals surface area (Å²) in [6.07, 6.45) is 6.46. The number of benzene rings is 1. The Kier molecular flexibility index (Phi) is 8.42. The number of nitrogens with zero attached hydrogens (tertiary/aromatic N) is 2. The van der Waals surface area contributed by atoms with Gasteiger partial charge < -0.3 is 4.74 Å². The Morgan fingerprint density at radius 3 is 2.18 bits per heavy atom. The van der Waals surface area contributed by atoms with Crippen LogP contribution in [-0.2, 0) is 0 Å². The van der Waals surface area contributed by atoms with Crippen LogP contribution in [-0.4, -0.2) is 21.8 Å². The lowest BCUT2D eigenvalue weighted by atomic mass is 10.1. The fraction of sp³-hybridized carbons (Fsp3) is 0.571. The average Bonchev–Trinajstić information content (AvgIpc) is 2.49. The molecule has 0 aliphatic rings. The van der Waals surface area contributed by atoms with Gasteiger partial charge in [-0.1, -0.05) is 41.6 Å². The van der Waals surface area contributed by atoms with Crippen LogP contribution >= 0.6 is 15.9 Å². The van der Waals surface area contributed by atoms with Crippen LogP contribution < -0.4 is 4.74 Å². The summed E-state index contributed by atoms with van der Waals surface area (Å²) in [6.45, 7) is 0.372. The van der Waals surface area contributed by atoms with Crippen molar-refractivity contribution in [2.45, 2.75) is 38.5 Å². The van der Waals surface area contributed by atoms with Gasteiger partial charge in [0.25, 0.3) is 5.69 Å². The van der Waals surface area contributed by atoms with Gasteiger partial charge in [-0.2, -0.15) is 0 Å². The van der Waals surface area contributed by atoms with Crippen molar-refractivity contribution in [2.24, 2.45) is 0 Å². The van der Waals surface area contributed by atoms with E-state index in [-0.39, 0.29) is 17.1 Å². The summed E-state index contributed by atoms with van der Waals surface area (Å²) in [5.41, 5.74) is -0.683. The van der Waals surface area contributed by atoms with Crippen LogP contribution in [0.5, 0.6) is 5.75 Å². The number of nitro benzene ring substituents is 2. The van der Waals surface area contributed by atoms with Gasteiger partial charge in [0.05, 0.1) is 22.5 Å². The first-order valence-electron chi connectivity index (χ1n) is 7.18. The second-order valence-corrected chi connectivity index (χ2v) is 5.62. The Morgan fingerprint density at radius 1 is 0.955 bits per heavy atom. The maximum absolute atomic E-state index is 10.9. The standard InChI is InChI=1S/C14H19BrN2O5/c15-9-5-3-1-2-4-6-10-22-14-8-7-12(16(18)19)11-13(14)17(20)21/h7-8,11H,1-6,9-10H2. The summed E-state index contributed by atoms with van der Waals surface area (Å²) in [4.78, 5) is 20.2. The Labute approximate surface area is 137 Å². The molecule has 7 nitrogen and oxygen atoms in total. The van der Waals surface area contributed by atoms with Crippen molar-refractivity contribution in [1.82, 2.24) is 0 Å². The Morgan fingerprint density at radius 2 is 1.59 bits per heavy atom. The van der Waals surface area contributed by atoms with Crippen molar-refractivity contribution in [3.8, 4) is 5.75 Å². The molecule has 122 valence electrons. The largest absolute Gasteiger partial charge is 0.487 e. The summed E-state index contributed by atoms with van der Waals surface area (Å²) < 4.78 is 5.39. The van der Waals surface area contributed by atoms with E-state index in [2.05, 4.69) is 15.9 Å². The van der Waals surface area contributed by atoms with Gasteiger partial charge in [-0.25, -0.2) is 0 Å². The Bertz CT molecular complexity index is 510. The zero-order valence-electron chi connectivity index (χ0n) is 12.2.